The van der Waals surface area contributed by atoms with Crippen molar-refractivity contribution in [3.63, 3.8) is 0 Å². The number of hydrogen-bond acceptors (Lipinski definition) is 3. The van der Waals surface area contributed by atoms with Crippen molar-refractivity contribution in [2.24, 2.45) is 5.92 Å². The third kappa shape index (κ3) is 3.94. The Morgan fingerprint density at radius 2 is 2.42 bits per heavy atom. The van der Waals surface area contributed by atoms with Gasteiger partial charge in [-0.15, -0.1) is 0 Å². The zero-order valence-corrected chi connectivity index (χ0v) is 12.5. The zero-order chi connectivity index (χ0) is 13.7. The summed E-state index contributed by atoms with van der Waals surface area (Å²) >= 11 is 3.38. The van der Waals surface area contributed by atoms with E-state index in [0.717, 1.165) is 30.5 Å². The van der Waals surface area contributed by atoms with Gasteiger partial charge in [-0.05, 0) is 52.9 Å². The van der Waals surface area contributed by atoms with E-state index in [-0.39, 0.29) is 5.91 Å². The Kier molecular flexibility index (Phi) is 5.22. The third-order valence-electron chi connectivity index (χ3n) is 3.28. The molecule has 0 bridgehead atoms. The minimum Gasteiger partial charge on any atom is -0.497 e. The second kappa shape index (κ2) is 6.91. The van der Waals surface area contributed by atoms with E-state index in [1.54, 1.807) is 13.2 Å². The largest absolute Gasteiger partial charge is 0.497 e. The molecule has 104 valence electrons. The van der Waals surface area contributed by atoms with Gasteiger partial charge in [0.15, 0.2) is 0 Å². The lowest BCUT2D eigenvalue weighted by molar-refractivity contribution is 0.0949. The summed E-state index contributed by atoms with van der Waals surface area (Å²) < 4.78 is 11.2. The number of ether oxygens (including phenoxy) is 2. The van der Waals surface area contributed by atoms with Crippen LogP contribution in [0.25, 0.3) is 0 Å². The average Bonchev–Trinajstić information content (AvgIpc) is 2.92. The van der Waals surface area contributed by atoms with E-state index >= 15 is 0 Å². The Morgan fingerprint density at radius 3 is 3.11 bits per heavy atom. The topological polar surface area (TPSA) is 47.6 Å². The first-order valence-electron chi connectivity index (χ1n) is 6.40. The summed E-state index contributed by atoms with van der Waals surface area (Å²) in [5.41, 5.74) is 0.599. The van der Waals surface area contributed by atoms with Gasteiger partial charge in [-0.2, -0.15) is 0 Å². The summed E-state index contributed by atoms with van der Waals surface area (Å²) in [6.45, 7) is 2.34. The van der Waals surface area contributed by atoms with Crippen molar-refractivity contribution in [2.75, 3.05) is 26.9 Å². The van der Waals surface area contributed by atoms with Crippen LogP contribution >= 0.6 is 15.9 Å². The van der Waals surface area contributed by atoms with E-state index in [4.69, 9.17) is 9.47 Å². The van der Waals surface area contributed by atoms with Crippen molar-refractivity contribution in [1.29, 1.82) is 0 Å². The lowest BCUT2D eigenvalue weighted by Gasteiger charge is -2.10. The van der Waals surface area contributed by atoms with Gasteiger partial charge >= 0.3 is 0 Å². The molecular weight excluding hydrogens is 310 g/mol. The molecular formula is C14H18BrNO3. The number of rotatable bonds is 5. The first kappa shape index (κ1) is 14.3. The van der Waals surface area contributed by atoms with Crippen molar-refractivity contribution < 1.29 is 14.3 Å². The van der Waals surface area contributed by atoms with Crippen molar-refractivity contribution >= 4 is 21.8 Å². The summed E-state index contributed by atoms with van der Waals surface area (Å²) in [6, 6.07) is 5.37. The van der Waals surface area contributed by atoms with Crippen LogP contribution in [0, 0.1) is 5.92 Å². The molecule has 2 rings (SSSR count). The highest BCUT2D eigenvalue weighted by atomic mass is 79.9. The number of amides is 1. The normalized spacial score (nSPS) is 18.3. The van der Waals surface area contributed by atoms with E-state index in [1.807, 2.05) is 12.1 Å². The van der Waals surface area contributed by atoms with Crippen LogP contribution in [0.4, 0.5) is 0 Å². The van der Waals surface area contributed by atoms with Crippen molar-refractivity contribution in [3.05, 3.63) is 28.2 Å². The molecule has 0 saturated carbocycles. The summed E-state index contributed by atoms with van der Waals surface area (Å²) in [5.74, 6) is 1.18. The van der Waals surface area contributed by atoms with Gasteiger partial charge in [0.25, 0.3) is 5.91 Å². The van der Waals surface area contributed by atoms with Gasteiger partial charge in [0, 0.05) is 24.2 Å². The van der Waals surface area contributed by atoms with E-state index in [0.29, 0.717) is 23.8 Å². The highest BCUT2D eigenvalue weighted by Gasteiger charge is 2.16. The fraction of sp³-hybridized carbons (Fsp3) is 0.500. The lowest BCUT2D eigenvalue weighted by atomic mass is 10.1. The van der Waals surface area contributed by atoms with Crippen LogP contribution in [-0.4, -0.2) is 32.8 Å². The molecule has 0 radical (unpaired) electrons. The molecule has 1 unspecified atom stereocenters. The number of benzene rings is 1. The van der Waals surface area contributed by atoms with Gasteiger partial charge in [0.2, 0.25) is 0 Å². The maximum absolute atomic E-state index is 12.1. The summed E-state index contributed by atoms with van der Waals surface area (Å²) in [6.07, 6.45) is 2.06. The Bertz CT molecular complexity index is 444. The van der Waals surface area contributed by atoms with E-state index in [9.17, 15) is 4.79 Å². The van der Waals surface area contributed by atoms with Gasteiger partial charge in [-0.25, -0.2) is 0 Å². The first-order valence-corrected chi connectivity index (χ1v) is 7.19. The molecule has 19 heavy (non-hydrogen) atoms. The fourth-order valence-electron chi connectivity index (χ4n) is 2.10. The van der Waals surface area contributed by atoms with Crippen LogP contribution in [0.15, 0.2) is 22.7 Å². The van der Waals surface area contributed by atoms with Gasteiger partial charge in [0.1, 0.15) is 5.75 Å². The van der Waals surface area contributed by atoms with Gasteiger partial charge in [0.05, 0.1) is 12.7 Å². The molecule has 1 saturated heterocycles. The summed E-state index contributed by atoms with van der Waals surface area (Å²) in [7, 11) is 1.59. The molecule has 0 aliphatic carbocycles. The molecule has 1 aromatic carbocycles. The quantitative estimate of drug-likeness (QED) is 0.904. The van der Waals surface area contributed by atoms with E-state index in [1.165, 1.54) is 0 Å². The minimum atomic E-state index is -0.0790. The first-order chi connectivity index (χ1) is 9.20. The van der Waals surface area contributed by atoms with Crippen LogP contribution in [-0.2, 0) is 4.74 Å². The monoisotopic (exact) mass is 327 g/mol. The summed E-state index contributed by atoms with van der Waals surface area (Å²) in [5, 5.41) is 2.94. The molecule has 1 N–H and O–H groups in total. The van der Waals surface area contributed by atoms with Crippen LogP contribution in [0.2, 0.25) is 0 Å². The molecule has 1 fully saturated rings. The Hall–Kier alpha value is -1.07. The molecule has 1 amide bonds. The zero-order valence-electron chi connectivity index (χ0n) is 10.9. The maximum Gasteiger partial charge on any atom is 0.252 e. The SMILES string of the molecule is COc1ccc(Br)c(C(=O)NCCC2CCOC2)c1. The highest BCUT2D eigenvalue weighted by molar-refractivity contribution is 9.10. The van der Waals surface area contributed by atoms with Crippen LogP contribution in [0.3, 0.4) is 0 Å². The maximum atomic E-state index is 12.1. The van der Waals surface area contributed by atoms with E-state index < -0.39 is 0 Å². The number of halogens is 1. The van der Waals surface area contributed by atoms with Gasteiger partial charge < -0.3 is 14.8 Å². The molecule has 1 heterocycles. The highest BCUT2D eigenvalue weighted by Crippen LogP contribution is 2.22. The van der Waals surface area contributed by atoms with Gasteiger partial charge in [-0.1, -0.05) is 0 Å². The third-order valence-corrected chi connectivity index (χ3v) is 3.97. The molecule has 0 aromatic heterocycles. The number of carbonyl (C=O) groups is 1. The minimum absolute atomic E-state index is 0.0790. The number of nitrogens with one attached hydrogen (secondary N) is 1. The average molecular weight is 328 g/mol. The lowest BCUT2D eigenvalue weighted by Crippen LogP contribution is -2.26. The van der Waals surface area contributed by atoms with Crippen LogP contribution in [0.5, 0.6) is 5.75 Å². The van der Waals surface area contributed by atoms with Crippen molar-refractivity contribution in [3.8, 4) is 5.75 Å². The number of carbonyl (C=O) groups excluding carboxylic acids is 1. The second-order valence-corrected chi connectivity index (χ2v) is 5.47. The van der Waals surface area contributed by atoms with Crippen LogP contribution < -0.4 is 10.1 Å². The molecule has 1 aromatic rings. The number of hydrogen-bond donors (Lipinski definition) is 1. The molecule has 1 aliphatic heterocycles. The molecule has 5 heteroatoms. The molecule has 0 spiro atoms. The predicted molar refractivity (Wildman–Crippen MR) is 76.6 cm³/mol. The smallest absolute Gasteiger partial charge is 0.252 e. The standard InChI is InChI=1S/C14H18BrNO3/c1-18-11-2-3-13(15)12(8-11)14(17)16-6-4-10-5-7-19-9-10/h2-3,8,10H,4-7,9H2,1H3,(H,16,17). The fourth-order valence-corrected chi connectivity index (χ4v) is 2.53. The molecule has 1 atom stereocenters. The Morgan fingerprint density at radius 1 is 1.58 bits per heavy atom. The predicted octanol–water partition coefficient (Wildman–Crippen LogP) is 2.61. The van der Waals surface area contributed by atoms with Crippen molar-refractivity contribution in [2.45, 2.75) is 12.8 Å². The van der Waals surface area contributed by atoms with E-state index in [2.05, 4.69) is 21.2 Å². The van der Waals surface area contributed by atoms with Crippen molar-refractivity contribution in [1.82, 2.24) is 5.32 Å². The molecule has 1 aliphatic rings. The van der Waals surface area contributed by atoms with Crippen LogP contribution in [0.1, 0.15) is 23.2 Å². The molecule has 4 nitrogen and oxygen atoms in total. The Balaban J connectivity index is 1.88. The second-order valence-electron chi connectivity index (χ2n) is 4.62. The van der Waals surface area contributed by atoms with Gasteiger partial charge in [-0.3, -0.25) is 4.79 Å². The Labute approximate surface area is 121 Å². The number of methoxy groups -OCH3 is 1. The summed E-state index contributed by atoms with van der Waals surface area (Å²) in [4.78, 5) is 12.1.